The maximum Gasteiger partial charge on any atom is 0.270 e. The van der Waals surface area contributed by atoms with Crippen LogP contribution in [0.25, 0.3) is 0 Å². The van der Waals surface area contributed by atoms with Gasteiger partial charge in [0, 0.05) is 63.3 Å². The molecule has 2 atom stereocenters. The summed E-state index contributed by atoms with van der Waals surface area (Å²) in [7, 11) is 3.48. The molecule has 3 fully saturated rings. The number of likely N-dealkylation sites (tertiary alicyclic amines) is 1. The lowest BCUT2D eigenvalue weighted by Crippen LogP contribution is -2.53. The first kappa shape index (κ1) is 25.0. The smallest absolute Gasteiger partial charge is 0.270 e. The number of nitrogens with zero attached hydrogens (tertiary/aromatic N) is 5. The summed E-state index contributed by atoms with van der Waals surface area (Å²) < 4.78 is 0. The molecular weight excluding hydrogens is 468 g/mol. The molecule has 3 aliphatic heterocycles. The molecule has 37 heavy (non-hydrogen) atoms. The third-order valence-corrected chi connectivity index (χ3v) is 7.56. The van der Waals surface area contributed by atoms with Gasteiger partial charge in [0.1, 0.15) is 23.2 Å². The average molecular weight is 505 g/mol. The van der Waals surface area contributed by atoms with Crippen LogP contribution in [0.3, 0.4) is 0 Å². The summed E-state index contributed by atoms with van der Waals surface area (Å²) in [5.74, 6) is 1.44. The molecule has 0 aromatic carbocycles. The van der Waals surface area contributed by atoms with Crippen molar-refractivity contribution in [3.8, 4) is 0 Å². The quantitative estimate of drug-likeness (QED) is 0.542. The van der Waals surface area contributed by atoms with Crippen molar-refractivity contribution in [3.05, 3.63) is 59.8 Å². The summed E-state index contributed by atoms with van der Waals surface area (Å²) in [5.41, 5.74) is 7.76. The SMILES string of the molecule is C=C(/N=C1\C(=C/N)C=C(C(=O)N(C)C)N1C1CCCC1)Nc1ccc(C(=O)N2CC3CCC(C2)N3)cn1. The number of fused-ring (bicyclic) bond motifs is 2. The number of aliphatic imine (C=N–C) groups is 1. The topological polar surface area (TPSA) is 119 Å². The van der Waals surface area contributed by atoms with Gasteiger partial charge in [0.05, 0.1) is 5.56 Å². The van der Waals surface area contributed by atoms with Crippen molar-refractivity contribution in [1.82, 2.24) is 25.0 Å². The van der Waals surface area contributed by atoms with E-state index in [1.54, 1.807) is 43.4 Å². The molecule has 10 nitrogen and oxygen atoms in total. The van der Waals surface area contributed by atoms with Crippen LogP contribution in [0.5, 0.6) is 0 Å². The highest BCUT2D eigenvalue weighted by Crippen LogP contribution is 2.34. The highest BCUT2D eigenvalue weighted by Gasteiger charge is 2.38. The Hall–Kier alpha value is -3.66. The van der Waals surface area contributed by atoms with Crippen molar-refractivity contribution in [2.75, 3.05) is 32.5 Å². The number of carbonyl (C=O) groups is 2. The number of anilines is 1. The number of piperazine rings is 1. The third-order valence-electron chi connectivity index (χ3n) is 7.56. The van der Waals surface area contributed by atoms with Crippen LogP contribution in [0.1, 0.15) is 48.9 Å². The Morgan fingerprint density at radius 2 is 1.89 bits per heavy atom. The van der Waals surface area contributed by atoms with E-state index in [-0.39, 0.29) is 17.9 Å². The first-order valence-corrected chi connectivity index (χ1v) is 13.0. The fourth-order valence-electron chi connectivity index (χ4n) is 5.74. The molecule has 2 bridgehead atoms. The Labute approximate surface area is 218 Å². The molecule has 0 radical (unpaired) electrons. The fraction of sp³-hybridized carbons (Fsp3) is 0.481. The number of nitrogens with one attached hydrogen (secondary N) is 2. The molecule has 1 aromatic heterocycles. The first-order chi connectivity index (χ1) is 17.8. The van der Waals surface area contributed by atoms with Crippen LogP contribution in [0.2, 0.25) is 0 Å². The van der Waals surface area contributed by atoms with Gasteiger partial charge in [0.15, 0.2) is 0 Å². The van der Waals surface area contributed by atoms with Crippen LogP contribution >= 0.6 is 0 Å². The van der Waals surface area contributed by atoms with Gasteiger partial charge in [-0.15, -0.1) is 0 Å². The Morgan fingerprint density at radius 3 is 2.49 bits per heavy atom. The van der Waals surface area contributed by atoms with Crippen molar-refractivity contribution in [2.45, 2.75) is 56.7 Å². The van der Waals surface area contributed by atoms with Crippen molar-refractivity contribution < 1.29 is 9.59 Å². The van der Waals surface area contributed by atoms with Crippen LogP contribution in [0.15, 0.2) is 59.3 Å². The second kappa shape index (κ2) is 10.4. The third kappa shape index (κ3) is 5.11. The van der Waals surface area contributed by atoms with Crippen LogP contribution < -0.4 is 16.4 Å². The van der Waals surface area contributed by atoms with Gasteiger partial charge in [-0.25, -0.2) is 9.98 Å². The van der Waals surface area contributed by atoms with Gasteiger partial charge in [-0.05, 0) is 43.9 Å². The minimum absolute atomic E-state index is 0.0107. The number of amidine groups is 1. The Morgan fingerprint density at radius 1 is 1.19 bits per heavy atom. The maximum atomic E-state index is 13.0. The summed E-state index contributed by atoms with van der Waals surface area (Å²) in [6.45, 7) is 5.55. The molecule has 0 spiro atoms. The molecular formula is C27H36N8O2. The fourth-order valence-corrected chi connectivity index (χ4v) is 5.74. The predicted molar refractivity (Wildman–Crippen MR) is 143 cm³/mol. The molecule has 4 aliphatic rings. The van der Waals surface area contributed by atoms with E-state index in [1.165, 1.54) is 6.20 Å². The van der Waals surface area contributed by atoms with Gasteiger partial charge in [-0.2, -0.15) is 0 Å². The number of nitrogens with two attached hydrogens (primary N) is 1. The van der Waals surface area contributed by atoms with E-state index in [0.29, 0.717) is 46.4 Å². The number of pyridine rings is 1. The summed E-state index contributed by atoms with van der Waals surface area (Å²) in [5, 5.41) is 6.67. The normalized spacial score (nSPS) is 25.6. The van der Waals surface area contributed by atoms with E-state index >= 15 is 0 Å². The zero-order chi connectivity index (χ0) is 26.1. The summed E-state index contributed by atoms with van der Waals surface area (Å²) in [6.07, 6.45) is 11.3. The second-order valence-corrected chi connectivity index (χ2v) is 10.4. The van der Waals surface area contributed by atoms with Crippen molar-refractivity contribution in [2.24, 2.45) is 10.7 Å². The van der Waals surface area contributed by atoms with Crippen molar-refractivity contribution in [3.63, 3.8) is 0 Å². The molecule has 4 heterocycles. The minimum Gasteiger partial charge on any atom is -0.404 e. The highest BCUT2D eigenvalue weighted by molar-refractivity contribution is 6.12. The van der Waals surface area contributed by atoms with Gasteiger partial charge in [0.2, 0.25) is 0 Å². The van der Waals surface area contributed by atoms with E-state index in [9.17, 15) is 9.59 Å². The summed E-state index contributed by atoms with van der Waals surface area (Å²) in [6, 6.07) is 4.52. The second-order valence-electron chi connectivity index (χ2n) is 10.4. The van der Waals surface area contributed by atoms with Crippen molar-refractivity contribution >= 4 is 23.5 Å². The molecule has 4 N–H and O–H groups in total. The molecule has 2 saturated heterocycles. The van der Waals surface area contributed by atoms with Gasteiger partial charge in [0.25, 0.3) is 11.8 Å². The lowest BCUT2D eigenvalue weighted by Gasteiger charge is -2.32. The maximum absolute atomic E-state index is 13.0. The lowest BCUT2D eigenvalue weighted by atomic mass is 10.2. The summed E-state index contributed by atoms with van der Waals surface area (Å²) in [4.78, 5) is 40.6. The zero-order valence-electron chi connectivity index (χ0n) is 21.6. The molecule has 2 amide bonds. The van der Waals surface area contributed by atoms with E-state index < -0.39 is 0 Å². The number of amides is 2. The number of hydrogen-bond donors (Lipinski definition) is 3. The van der Waals surface area contributed by atoms with Gasteiger partial charge in [-0.3, -0.25) is 9.59 Å². The number of carbonyl (C=O) groups excluding carboxylic acids is 2. The highest BCUT2D eigenvalue weighted by atomic mass is 16.2. The summed E-state index contributed by atoms with van der Waals surface area (Å²) >= 11 is 0. The molecule has 10 heteroatoms. The standard InChI is InChI=1S/C27H36N8O2/c1-17(30-24-11-8-18(14-29-24)26(36)34-15-20-9-10-21(16-34)32-20)31-25-19(13-28)12-23(27(37)33(2)3)35(25)22-6-4-5-7-22/h8,11-14,20-22,32H,1,4-7,9-10,15-16,28H2,2-3H3,(H,29,30)/b19-13-,31-25+. The minimum atomic E-state index is -0.0885. The Bertz CT molecular complexity index is 1150. The monoisotopic (exact) mass is 504 g/mol. The van der Waals surface area contributed by atoms with E-state index in [4.69, 9.17) is 10.7 Å². The van der Waals surface area contributed by atoms with Gasteiger partial charge >= 0.3 is 0 Å². The molecule has 1 aromatic rings. The Balaban J connectivity index is 1.30. The number of aromatic nitrogens is 1. The average Bonchev–Trinajstić information content (AvgIpc) is 3.62. The zero-order valence-corrected chi connectivity index (χ0v) is 21.6. The molecule has 2 unspecified atom stereocenters. The number of likely N-dealkylation sites (N-methyl/N-ethyl adjacent to an activating group) is 1. The van der Waals surface area contributed by atoms with E-state index in [0.717, 1.165) is 51.6 Å². The molecule has 1 aliphatic carbocycles. The number of rotatable bonds is 6. The van der Waals surface area contributed by atoms with Gasteiger partial charge in [-0.1, -0.05) is 19.4 Å². The van der Waals surface area contributed by atoms with Crippen LogP contribution in [0, 0.1) is 0 Å². The van der Waals surface area contributed by atoms with Crippen molar-refractivity contribution in [1.29, 1.82) is 0 Å². The van der Waals surface area contributed by atoms with Crippen LogP contribution in [-0.4, -0.2) is 82.6 Å². The molecule has 5 rings (SSSR count). The lowest BCUT2D eigenvalue weighted by molar-refractivity contribution is -0.126. The van der Waals surface area contributed by atoms with Crippen LogP contribution in [0.4, 0.5) is 5.82 Å². The number of hydrogen-bond acceptors (Lipinski definition) is 7. The Kier molecular flexibility index (Phi) is 7.01. The van der Waals surface area contributed by atoms with E-state index in [1.807, 2.05) is 9.80 Å². The molecule has 196 valence electrons. The largest absolute Gasteiger partial charge is 0.404 e. The van der Waals surface area contributed by atoms with Crippen LogP contribution in [-0.2, 0) is 4.79 Å². The van der Waals surface area contributed by atoms with Gasteiger partial charge < -0.3 is 31.1 Å². The molecule has 1 saturated carbocycles. The van der Waals surface area contributed by atoms with E-state index in [2.05, 4.69) is 22.2 Å². The predicted octanol–water partition coefficient (Wildman–Crippen LogP) is 2.01. The first-order valence-electron chi connectivity index (χ1n) is 13.0.